The molecule has 0 radical (unpaired) electrons. The summed E-state index contributed by atoms with van der Waals surface area (Å²) in [5.74, 6) is 2.04. The minimum atomic E-state index is 0.500. The maximum absolute atomic E-state index is 7.58. The van der Waals surface area contributed by atoms with Crippen molar-refractivity contribution in [2.45, 2.75) is 0 Å². The molecule has 2 aromatic carbocycles. The van der Waals surface area contributed by atoms with E-state index in [-0.39, 0.29) is 0 Å². The molecule has 1 heterocycles. The fraction of sp³-hybridized carbons (Fsp3) is 0.150. The van der Waals surface area contributed by atoms with Crippen molar-refractivity contribution < 1.29 is 4.74 Å². The summed E-state index contributed by atoms with van der Waals surface area (Å²) in [6, 6.07) is 14.0. The summed E-state index contributed by atoms with van der Waals surface area (Å²) in [5, 5.41) is 14.5. The van der Waals surface area contributed by atoms with Crippen LogP contribution in [0.3, 0.4) is 0 Å². The molecule has 6 heteroatoms. The van der Waals surface area contributed by atoms with Crippen LogP contribution in [0.5, 0.6) is 5.75 Å². The number of hydrogen-bond donors (Lipinski definition) is 3. The minimum absolute atomic E-state index is 0.500. The van der Waals surface area contributed by atoms with E-state index in [4.69, 9.17) is 10.1 Å². The summed E-state index contributed by atoms with van der Waals surface area (Å²) >= 11 is 0. The Kier molecular flexibility index (Phi) is 5.12. The van der Waals surface area contributed by atoms with Gasteiger partial charge in [-0.1, -0.05) is 18.2 Å². The lowest BCUT2D eigenvalue weighted by Crippen LogP contribution is -2.04. The van der Waals surface area contributed by atoms with Crippen LogP contribution in [0.15, 0.2) is 48.7 Å². The highest BCUT2D eigenvalue weighted by Crippen LogP contribution is 2.29. The smallest absolute Gasteiger partial charge is 0.165 e. The number of hydrogen-bond acceptors (Lipinski definition) is 6. The number of nitrogens with zero attached hydrogens (tertiary/aromatic N) is 2. The number of nitrogens with one attached hydrogen (secondary N) is 3. The van der Waals surface area contributed by atoms with Crippen LogP contribution >= 0.6 is 0 Å². The van der Waals surface area contributed by atoms with Crippen LogP contribution in [0.4, 0.5) is 5.82 Å². The Hall–Kier alpha value is -3.41. The first-order valence-corrected chi connectivity index (χ1v) is 8.22. The number of rotatable bonds is 6. The summed E-state index contributed by atoms with van der Waals surface area (Å²) in [5.41, 5.74) is 3.55. The Bertz CT molecular complexity index is 981. The Labute approximate surface area is 152 Å². The molecule has 3 aromatic rings. The zero-order chi connectivity index (χ0) is 18.5. The highest BCUT2D eigenvalue weighted by atomic mass is 16.5. The van der Waals surface area contributed by atoms with Gasteiger partial charge in [0.2, 0.25) is 0 Å². The first-order chi connectivity index (χ1) is 12.7. The van der Waals surface area contributed by atoms with E-state index in [1.54, 1.807) is 20.4 Å². The van der Waals surface area contributed by atoms with E-state index in [2.05, 4.69) is 26.7 Å². The SMILES string of the molecule is CN/C=C(\C=N)c1nc(NC)c2cc(-c3cccc(OC)c3)ccc2n1. The van der Waals surface area contributed by atoms with E-state index in [0.29, 0.717) is 11.4 Å². The van der Waals surface area contributed by atoms with Gasteiger partial charge in [-0.05, 0) is 35.4 Å². The second-order valence-electron chi connectivity index (χ2n) is 5.64. The molecule has 0 atom stereocenters. The van der Waals surface area contributed by atoms with Gasteiger partial charge in [0.25, 0.3) is 0 Å². The quantitative estimate of drug-likeness (QED) is 0.594. The van der Waals surface area contributed by atoms with E-state index in [9.17, 15) is 0 Å². The molecule has 6 nitrogen and oxygen atoms in total. The van der Waals surface area contributed by atoms with Crippen molar-refractivity contribution in [1.82, 2.24) is 15.3 Å². The van der Waals surface area contributed by atoms with Crippen LogP contribution in [-0.2, 0) is 0 Å². The average molecular weight is 347 g/mol. The van der Waals surface area contributed by atoms with Crippen LogP contribution in [0.25, 0.3) is 27.6 Å². The summed E-state index contributed by atoms with van der Waals surface area (Å²) in [6.07, 6.45) is 2.94. The molecule has 0 aliphatic heterocycles. The molecule has 0 amide bonds. The lowest BCUT2D eigenvalue weighted by Gasteiger charge is -2.11. The molecular formula is C20H21N5O. The van der Waals surface area contributed by atoms with Crippen molar-refractivity contribution in [3.05, 3.63) is 54.5 Å². The Balaban J connectivity index is 2.15. The number of ether oxygens (including phenoxy) is 1. The lowest BCUT2D eigenvalue weighted by molar-refractivity contribution is 0.415. The predicted molar refractivity (Wildman–Crippen MR) is 107 cm³/mol. The number of allylic oxidation sites excluding steroid dienone is 1. The van der Waals surface area contributed by atoms with Crippen LogP contribution in [0, 0.1) is 5.41 Å². The normalized spacial score (nSPS) is 11.3. The molecule has 0 fully saturated rings. The van der Waals surface area contributed by atoms with Gasteiger partial charge in [-0.15, -0.1) is 0 Å². The lowest BCUT2D eigenvalue weighted by atomic mass is 10.0. The first kappa shape index (κ1) is 17.4. The third kappa shape index (κ3) is 3.35. The highest BCUT2D eigenvalue weighted by molar-refractivity contribution is 6.07. The minimum Gasteiger partial charge on any atom is -0.497 e. The molecule has 0 aliphatic rings. The number of fused-ring (bicyclic) bond motifs is 1. The molecule has 0 saturated heterocycles. The van der Waals surface area contributed by atoms with Crippen LogP contribution in [0.2, 0.25) is 0 Å². The molecule has 0 unspecified atom stereocenters. The fourth-order valence-corrected chi connectivity index (χ4v) is 2.76. The second-order valence-corrected chi connectivity index (χ2v) is 5.64. The van der Waals surface area contributed by atoms with Gasteiger partial charge < -0.3 is 20.8 Å². The van der Waals surface area contributed by atoms with Gasteiger partial charge in [-0.25, -0.2) is 9.97 Å². The largest absolute Gasteiger partial charge is 0.497 e. The number of benzene rings is 2. The van der Waals surface area contributed by atoms with Crippen molar-refractivity contribution in [2.24, 2.45) is 0 Å². The molecule has 132 valence electrons. The van der Waals surface area contributed by atoms with E-state index in [0.717, 1.165) is 33.6 Å². The predicted octanol–water partition coefficient (Wildman–Crippen LogP) is 3.56. The maximum Gasteiger partial charge on any atom is 0.165 e. The number of aromatic nitrogens is 2. The maximum atomic E-state index is 7.58. The average Bonchev–Trinajstić information content (AvgIpc) is 2.70. The van der Waals surface area contributed by atoms with Gasteiger partial charge in [0.05, 0.1) is 18.2 Å². The second kappa shape index (κ2) is 7.65. The van der Waals surface area contributed by atoms with Crippen molar-refractivity contribution >= 4 is 28.5 Å². The van der Waals surface area contributed by atoms with Crippen LogP contribution in [0.1, 0.15) is 5.82 Å². The Morgan fingerprint density at radius 2 is 1.88 bits per heavy atom. The molecule has 26 heavy (non-hydrogen) atoms. The third-order valence-corrected chi connectivity index (χ3v) is 4.05. The zero-order valence-corrected chi connectivity index (χ0v) is 15.0. The highest BCUT2D eigenvalue weighted by Gasteiger charge is 2.11. The van der Waals surface area contributed by atoms with Crippen LogP contribution in [-0.4, -0.2) is 37.4 Å². The zero-order valence-electron chi connectivity index (χ0n) is 15.0. The fourth-order valence-electron chi connectivity index (χ4n) is 2.76. The molecule has 0 saturated carbocycles. The van der Waals surface area contributed by atoms with Crippen molar-refractivity contribution in [1.29, 1.82) is 5.41 Å². The van der Waals surface area contributed by atoms with Crippen molar-refractivity contribution in [3.63, 3.8) is 0 Å². The Morgan fingerprint density at radius 1 is 1.08 bits per heavy atom. The van der Waals surface area contributed by atoms with Crippen molar-refractivity contribution in [3.8, 4) is 16.9 Å². The van der Waals surface area contributed by atoms with E-state index < -0.39 is 0 Å². The molecular weight excluding hydrogens is 326 g/mol. The molecule has 3 rings (SSSR count). The summed E-state index contributed by atoms with van der Waals surface area (Å²) < 4.78 is 5.32. The molecule has 3 N–H and O–H groups in total. The van der Waals surface area contributed by atoms with Gasteiger partial charge in [0, 0.05) is 31.9 Å². The van der Waals surface area contributed by atoms with Gasteiger partial charge in [0.15, 0.2) is 5.82 Å². The van der Waals surface area contributed by atoms with Gasteiger partial charge in [0.1, 0.15) is 11.6 Å². The van der Waals surface area contributed by atoms with E-state index >= 15 is 0 Å². The van der Waals surface area contributed by atoms with Gasteiger partial charge >= 0.3 is 0 Å². The summed E-state index contributed by atoms with van der Waals surface area (Å²) in [6.45, 7) is 0. The standard InChI is InChI=1S/C20H21N5O/c1-22-12-15(11-21)19-24-18-8-7-14(10-17(18)20(23-2)25-19)13-5-4-6-16(9-13)26-3/h4-12,21-22H,1-3H3,(H,23,24,25)/b15-12+,21-11?. The monoisotopic (exact) mass is 347 g/mol. The van der Waals surface area contributed by atoms with Crippen LogP contribution < -0.4 is 15.4 Å². The number of methoxy groups -OCH3 is 1. The van der Waals surface area contributed by atoms with Gasteiger partial charge in [-0.3, -0.25) is 0 Å². The topological polar surface area (TPSA) is 82.9 Å². The molecule has 1 aromatic heterocycles. The number of anilines is 1. The van der Waals surface area contributed by atoms with E-state index in [1.165, 1.54) is 6.21 Å². The van der Waals surface area contributed by atoms with E-state index in [1.807, 2.05) is 43.4 Å². The summed E-state index contributed by atoms with van der Waals surface area (Å²) in [7, 11) is 5.27. The van der Waals surface area contributed by atoms with Crippen molar-refractivity contribution in [2.75, 3.05) is 26.5 Å². The molecule has 0 bridgehead atoms. The molecule has 0 spiro atoms. The van der Waals surface area contributed by atoms with Gasteiger partial charge in [-0.2, -0.15) is 0 Å². The summed E-state index contributed by atoms with van der Waals surface area (Å²) in [4.78, 5) is 9.18. The molecule has 0 aliphatic carbocycles. The third-order valence-electron chi connectivity index (χ3n) is 4.05. The first-order valence-electron chi connectivity index (χ1n) is 8.22. The Morgan fingerprint density at radius 3 is 2.58 bits per heavy atom.